The van der Waals surface area contributed by atoms with Gasteiger partial charge in [0.15, 0.2) is 0 Å². The molecule has 2 amide bonds. The molecule has 23 heavy (non-hydrogen) atoms. The van der Waals surface area contributed by atoms with Crippen LogP contribution < -0.4 is 10.6 Å². The SMILES string of the molecule is CSc1nsc(SC)c1C(=O)NCCNC(=O)c1ccccc1. The number of nitrogens with one attached hydrogen (secondary N) is 2. The normalized spacial score (nSPS) is 10.3. The van der Waals surface area contributed by atoms with E-state index in [0.717, 1.165) is 9.24 Å². The summed E-state index contributed by atoms with van der Waals surface area (Å²) in [5.41, 5.74) is 1.24. The Hall–Kier alpha value is -1.51. The predicted molar refractivity (Wildman–Crippen MR) is 96.8 cm³/mol. The van der Waals surface area contributed by atoms with Crippen molar-refractivity contribution in [3.8, 4) is 0 Å². The summed E-state index contributed by atoms with van der Waals surface area (Å²) in [6.45, 7) is 0.745. The molecule has 0 spiro atoms. The maximum atomic E-state index is 12.3. The van der Waals surface area contributed by atoms with Gasteiger partial charge in [0.25, 0.3) is 11.8 Å². The third kappa shape index (κ3) is 4.73. The van der Waals surface area contributed by atoms with Crippen LogP contribution >= 0.6 is 35.1 Å². The highest BCUT2D eigenvalue weighted by atomic mass is 32.2. The Bertz CT molecular complexity index is 652. The maximum Gasteiger partial charge on any atom is 0.256 e. The van der Waals surface area contributed by atoms with Crippen LogP contribution in [0.3, 0.4) is 0 Å². The van der Waals surface area contributed by atoms with Gasteiger partial charge in [0.2, 0.25) is 0 Å². The Morgan fingerprint density at radius 1 is 1.04 bits per heavy atom. The molecule has 5 nitrogen and oxygen atoms in total. The van der Waals surface area contributed by atoms with E-state index in [1.165, 1.54) is 35.1 Å². The molecule has 0 saturated heterocycles. The van der Waals surface area contributed by atoms with E-state index in [1.807, 2.05) is 30.7 Å². The lowest BCUT2D eigenvalue weighted by Gasteiger charge is -2.08. The fourth-order valence-electron chi connectivity index (χ4n) is 1.86. The number of carbonyl (C=O) groups is 2. The Morgan fingerprint density at radius 2 is 1.70 bits per heavy atom. The van der Waals surface area contributed by atoms with Gasteiger partial charge in [-0.2, -0.15) is 4.37 Å². The molecule has 1 aromatic heterocycles. The first-order valence-corrected chi connectivity index (χ1v) is 10.1. The van der Waals surface area contributed by atoms with Gasteiger partial charge in [0, 0.05) is 18.7 Å². The van der Waals surface area contributed by atoms with Crippen molar-refractivity contribution in [2.24, 2.45) is 0 Å². The highest BCUT2D eigenvalue weighted by molar-refractivity contribution is 8.01. The number of aromatic nitrogens is 1. The molecule has 1 heterocycles. The molecule has 0 aliphatic rings. The summed E-state index contributed by atoms with van der Waals surface area (Å²) in [7, 11) is 0. The van der Waals surface area contributed by atoms with Crippen LogP contribution in [0.2, 0.25) is 0 Å². The molecule has 8 heteroatoms. The number of amides is 2. The monoisotopic (exact) mass is 367 g/mol. The van der Waals surface area contributed by atoms with Crippen molar-refractivity contribution in [2.45, 2.75) is 9.24 Å². The Balaban J connectivity index is 1.84. The first-order chi connectivity index (χ1) is 11.2. The number of nitrogens with zero attached hydrogens (tertiary/aromatic N) is 1. The summed E-state index contributed by atoms with van der Waals surface area (Å²) in [6, 6.07) is 8.99. The van der Waals surface area contributed by atoms with E-state index in [9.17, 15) is 9.59 Å². The number of carbonyl (C=O) groups excluding carboxylic acids is 2. The van der Waals surface area contributed by atoms with E-state index >= 15 is 0 Å². The zero-order valence-electron chi connectivity index (χ0n) is 12.8. The summed E-state index contributed by atoms with van der Waals surface area (Å²) in [4.78, 5) is 24.2. The number of benzene rings is 1. The molecule has 0 unspecified atom stereocenters. The van der Waals surface area contributed by atoms with Gasteiger partial charge in [-0.3, -0.25) is 9.59 Å². The molecule has 1 aromatic carbocycles. The minimum Gasteiger partial charge on any atom is -0.350 e. The topological polar surface area (TPSA) is 71.1 Å². The van der Waals surface area contributed by atoms with Crippen molar-refractivity contribution < 1.29 is 9.59 Å². The van der Waals surface area contributed by atoms with Crippen LogP contribution in [0.1, 0.15) is 20.7 Å². The molecule has 0 saturated carbocycles. The van der Waals surface area contributed by atoms with Gasteiger partial charge < -0.3 is 10.6 Å². The van der Waals surface area contributed by atoms with Crippen molar-refractivity contribution in [1.29, 1.82) is 0 Å². The summed E-state index contributed by atoms with van der Waals surface area (Å²) in [5.74, 6) is -0.298. The van der Waals surface area contributed by atoms with Gasteiger partial charge in [-0.15, -0.1) is 23.5 Å². The van der Waals surface area contributed by atoms with Gasteiger partial charge in [-0.1, -0.05) is 18.2 Å². The van der Waals surface area contributed by atoms with Gasteiger partial charge in [0.1, 0.15) is 5.03 Å². The van der Waals surface area contributed by atoms with E-state index in [0.29, 0.717) is 24.2 Å². The lowest BCUT2D eigenvalue weighted by atomic mass is 10.2. The summed E-state index contributed by atoms with van der Waals surface area (Å²) < 4.78 is 5.18. The fourth-order valence-corrected chi connectivity index (χ4v) is 4.14. The number of hydrogen-bond acceptors (Lipinski definition) is 6. The molecular weight excluding hydrogens is 350 g/mol. The zero-order valence-corrected chi connectivity index (χ0v) is 15.2. The molecule has 0 bridgehead atoms. The minimum absolute atomic E-state index is 0.147. The molecule has 2 N–H and O–H groups in total. The lowest BCUT2D eigenvalue weighted by molar-refractivity contribution is 0.0925. The third-order valence-electron chi connectivity index (χ3n) is 2.97. The van der Waals surface area contributed by atoms with Gasteiger partial charge >= 0.3 is 0 Å². The first-order valence-electron chi connectivity index (χ1n) is 6.86. The predicted octanol–water partition coefficient (Wildman–Crippen LogP) is 2.75. The minimum atomic E-state index is -0.151. The van der Waals surface area contributed by atoms with Crippen molar-refractivity contribution in [1.82, 2.24) is 15.0 Å². The van der Waals surface area contributed by atoms with Gasteiger partial charge in [-0.05, 0) is 36.2 Å². The molecule has 2 rings (SSSR count). The second-order valence-electron chi connectivity index (χ2n) is 4.44. The van der Waals surface area contributed by atoms with Crippen LogP contribution in [-0.2, 0) is 0 Å². The quantitative estimate of drug-likeness (QED) is 0.582. The van der Waals surface area contributed by atoms with Crippen LogP contribution in [-0.4, -0.2) is 41.8 Å². The van der Waals surface area contributed by atoms with E-state index in [4.69, 9.17) is 0 Å². The van der Waals surface area contributed by atoms with Crippen molar-refractivity contribution >= 4 is 46.9 Å². The fraction of sp³-hybridized carbons (Fsp3) is 0.267. The highest BCUT2D eigenvalue weighted by Gasteiger charge is 2.19. The van der Waals surface area contributed by atoms with Crippen molar-refractivity contribution in [3.05, 3.63) is 41.5 Å². The summed E-state index contributed by atoms with van der Waals surface area (Å²) in [6.07, 6.45) is 3.82. The van der Waals surface area contributed by atoms with Crippen LogP contribution in [0, 0.1) is 0 Å². The molecule has 0 atom stereocenters. The molecule has 0 fully saturated rings. The number of thioether (sulfide) groups is 2. The van der Waals surface area contributed by atoms with Crippen molar-refractivity contribution in [3.63, 3.8) is 0 Å². The van der Waals surface area contributed by atoms with Crippen LogP contribution in [0.4, 0.5) is 0 Å². The van der Waals surface area contributed by atoms with E-state index < -0.39 is 0 Å². The molecule has 0 radical (unpaired) electrons. The molecule has 0 aliphatic carbocycles. The first kappa shape index (κ1) is 17.8. The third-order valence-corrected chi connectivity index (χ3v) is 5.71. The largest absolute Gasteiger partial charge is 0.350 e. The molecule has 0 aliphatic heterocycles. The zero-order chi connectivity index (χ0) is 16.7. The average Bonchev–Trinajstić information content (AvgIpc) is 3.02. The van der Waals surface area contributed by atoms with E-state index in [1.54, 1.807) is 12.1 Å². The van der Waals surface area contributed by atoms with Crippen LogP contribution in [0.25, 0.3) is 0 Å². The van der Waals surface area contributed by atoms with Crippen LogP contribution in [0.5, 0.6) is 0 Å². The molecule has 2 aromatic rings. The second-order valence-corrected chi connectivity index (χ2v) is 7.08. The molecule has 122 valence electrons. The second kappa shape index (κ2) is 8.95. The van der Waals surface area contributed by atoms with Gasteiger partial charge in [0.05, 0.1) is 9.77 Å². The lowest BCUT2D eigenvalue weighted by Crippen LogP contribution is -2.34. The number of hydrogen-bond donors (Lipinski definition) is 2. The summed E-state index contributed by atoms with van der Waals surface area (Å²) in [5, 5.41) is 6.35. The standard InChI is InChI=1S/C15H17N3O2S3/c1-21-14-11(15(22-2)23-18-14)13(20)17-9-8-16-12(19)10-6-4-3-5-7-10/h3-7H,8-9H2,1-2H3,(H,16,19)(H,17,20). The summed E-state index contributed by atoms with van der Waals surface area (Å²) >= 11 is 4.30. The smallest absolute Gasteiger partial charge is 0.256 e. The number of rotatable bonds is 7. The van der Waals surface area contributed by atoms with E-state index in [2.05, 4.69) is 15.0 Å². The van der Waals surface area contributed by atoms with E-state index in [-0.39, 0.29) is 11.8 Å². The van der Waals surface area contributed by atoms with Crippen molar-refractivity contribution in [2.75, 3.05) is 25.6 Å². The van der Waals surface area contributed by atoms with Crippen LogP contribution in [0.15, 0.2) is 39.6 Å². The highest BCUT2D eigenvalue weighted by Crippen LogP contribution is 2.32. The maximum absolute atomic E-state index is 12.3. The van der Waals surface area contributed by atoms with Gasteiger partial charge in [-0.25, -0.2) is 0 Å². The average molecular weight is 368 g/mol. The Morgan fingerprint density at radius 3 is 2.30 bits per heavy atom. The Labute approximate surface area is 147 Å². The Kier molecular flexibility index (Phi) is 6.94. The molecular formula is C15H17N3O2S3.